The molecule has 1 rings (SSSR count). The van der Waals surface area contributed by atoms with Crippen molar-refractivity contribution < 1.29 is 0 Å². The van der Waals surface area contributed by atoms with Crippen LogP contribution in [0.5, 0.6) is 0 Å². The molecule has 0 aliphatic rings. The Morgan fingerprint density at radius 1 is 1.57 bits per heavy atom. The summed E-state index contributed by atoms with van der Waals surface area (Å²) >= 11 is 0. The number of nitrogens with two attached hydrogens (primary N) is 1. The summed E-state index contributed by atoms with van der Waals surface area (Å²) in [4.78, 5) is 4.06. The quantitative estimate of drug-likeness (QED) is 0.720. The molecule has 0 aliphatic carbocycles. The van der Waals surface area contributed by atoms with E-state index in [9.17, 15) is 0 Å². The van der Waals surface area contributed by atoms with Gasteiger partial charge in [0.25, 0.3) is 0 Å². The summed E-state index contributed by atoms with van der Waals surface area (Å²) in [6, 6.07) is -0.0678. The van der Waals surface area contributed by atoms with Crippen LogP contribution in [0, 0.1) is 11.8 Å². The molecular weight excluding hydrogens is 176 g/mol. The summed E-state index contributed by atoms with van der Waals surface area (Å²) in [5, 5.41) is 4.07. The van der Waals surface area contributed by atoms with Gasteiger partial charge in [-0.3, -0.25) is 0 Å². The van der Waals surface area contributed by atoms with Crippen LogP contribution in [0.1, 0.15) is 32.5 Å². The van der Waals surface area contributed by atoms with Crippen LogP contribution < -0.4 is 5.73 Å². The fourth-order valence-corrected chi connectivity index (χ4v) is 0.996. The molecule has 76 valence electrons. The van der Waals surface area contributed by atoms with E-state index < -0.39 is 0 Å². The van der Waals surface area contributed by atoms with E-state index in [-0.39, 0.29) is 6.04 Å². The third kappa shape index (κ3) is 2.86. The number of nitrogens with zero attached hydrogens (tertiary/aromatic N) is 3. The van der Waals surface area contributed by atoms with Gasteiger partial charge in [-0.2, -0.15) is 5.10 Å². The molecule has 1 atom stereocenters. The molecule has 0 aromatic carbocycles. The predicted molar refractivity (Wildman–Crippen MR) is 55.5 cm³/mol. The van der Waals surface area contributed by atoms with Gasteiger partial charge in [-0.15, -0.1) is 0 Å². The van der Waals surface area contributed by atoms with E-state index in [2.05, 4.69) is 28.8 Å². The lowest BCUT2D eigenvalue weighted by molar-refractivity contribution is 0.594. The summed E-state index contributed by atoms with van der Waals surface area (Å²) in [5.41, 5.74) is 5.68. The molecule has 0 aliphatic heterocycles. The van der Waals surface area contributed by atoms with Crippen molar-refractivity contribution >= 4 is 0 Å². The first-order valence-electron chi connectivity index (χ1n) is 4.92. The highest BCUT2D eigenvalue weighted by atomic mass is 15.3. The first-order valence-corrected chi connectivity index (χ1v) is 4.92. The molecule has 0 spiro atoms. The zero-order valence-electron chi connectivity index (χ0n) is 8.70. The van der Waals surface area contributed by atoms with Gasteiger partial charge in [0.05, 0.1) is 6.04 Å². The predicted octanol–water partition coefficient (Wildman–Crippen LogP) is 0.777. The second kappa shape index (κ2) is 5.40. The third-order valence-electron chi connectivity index (χ3n) is 1.86. The highest BCUT2D eigenvalue weighted by Gasteiger charge is 1.99. The van der Waals surface area contributed by atoms with Crippen LogP contribution in [0.25, 0.3) is 0 Å². The monoisotopic (exact) mass is 192 g/mol. The Balaban J connectivity index is 2.73. The summed E-state index contributed by atoms with van der Waals surface area (Å²) in [5.74, 6) is 6.59. The highest BCUT2D eigenvalue weighted by Crippen LogP contribution is 1.94. The maximum Gasteiger partial charge on any atom is 0.203 e. The van der Waals surface area contributed by atoms with Gasteiger partial charge in [-0.1, -0.05) is 19.8 Å². The SMILES string of the molecule is CCCn1ncnc1C#CC(N)CC. The number of hydrogen-bond acceptors (Lipinski definition) is 3. The Kier molecular flexibility index (Phi) is 4.14. The molecule has 2 N–H and O–H groups in total. The number of rotatable bonds is 3. The van der Waals surface area contributed by atoms with Crippen molar-refractivity contribution in [3.8, 4) is 11.8 Å². The molecule has 1 aromatic rings. The molecule has 1 unspecified atom stereocenters. The van der Waals surface area contributed by atoms with E-state index in [1.54, 1.807) is 4.68 Å². The van der Waals surface area contributed by atoms with E-state index in [1.165, 1.54) is 6.33 Å². The van der Waals surface area contributed by atoms with Gasteiger partial charge in [-0.25, -0.2) is 9.67 Å². The standard InChI is InChI=1S/C10H16N4/c1-3-7-14-10(12-8-13-14)6-5-9(11)4-2/h8-9H,3-4,7,11H2,1-2H3. The van der Waals surface area contributed by atoms with Crippen molar-refractivity contribution in [1.29, 1.82) is 0 Å². The van der Waals surface area contributed by atoms with Crippen molar-refractivity contribution in [3.63, 3.8) is 0 Å². The summed E-state index contributed by atoms with van der Waals surface area (Å²) in [6.07, 6.45) is 3.41. The largest absolute Gasteiger partial charge is 0.318 e. The van der Waals surface area contributed by atoms with Gasteiger partial charge in [0.2, 0.25) is 5.82 Å². The van der Waals surface area contributed by atoms with Crippen molar-refractivity contribution in [2.75, 3.05) is 0 Å². The average Bonchev–Trinajstić information content (AvgIpc) is 2.62. The Morgan fingerprint density at radius 3 is 3.00 bits per heavy atom. The highest BCUT2D eigenvalue weighted by molar-refractivity contribution is 5.22. The van der Waals surface area contributed by atoms with Gasteiger partial charge in [0, 0.05) is 6.54 Å². The lowest BCUT2D eigenvalue weighted by Crippen LogP contribution is -2.15. The lowest BCUT2D eigenvalue weighted by Gasteiger charge is -1.98. The maximum absolute atomic E-state index is 5.68. The Labute approximate surface area is 84.5 Å². The van der Waals surface area contributed by atoms with Gasteiger partial charge in [0.15, 0.2) is 0 Å². The minimum Gasteiger partial charge on any atom is -0.318 e. The second-order valence-electron chi connectivity index (χ2n) is 3.09. The smallest absolute Gasteiger partial charge is 0.203 e. The van der Waals surface area contributed by atoms with E-state index in [0.717, 1.165) is 19.4 Å². The van der Waals surface area contributed by atoms with Crippen LogP contribution in [0.4, 0.5) is 0 Å². The molecule has 14 heavy (non-hydrogen) atoms. The summed E-state index contributed by atoms with van der Waals surface area (Å²) in [6.45, 7) is 4.96. The number of hydrogen-bond donors (Lipinski definition) is 1. The first kappa shape index (κ1) is 10.7. The number of aromatic nitrogens is 3. The maximum atomic E-state index is 5.68. The van der Waals surface area contributed by atoms with Crippen LogP contribution in [0.15, 0.2) is 6.33 Å². The van der Waals surface area contributed by atoms with Crippen molar-refractivity contribution in [2.24, 2.45) is 5.73 Å². The van der Waals surface area contributed by atoms with Crippen LogP contribution in [-0.4, -0.2) is 20.8 Å². The first-order chi connectivity index (χ1) is 6.77. The molecule has 0 saturated carbocycles. The third-order valence-corrected chi connectivity index (χ3v) is 1.86. The van der Waals surface area contributed by atoms with Gasteiger partial charge in [-0.05, 0) is 18.8 Å². The van der Waals surface area contributed by atoms with Crippen LogP contribution >= 0.6 is 0 Å². The normalized spacial score (nSPS) is 11.9. The van der Waals surface area contributed by atoms with Gasteiger partial charge >= 0.3 is 0 Å². The lowest BCUT2D eigenvalue weighted by atomic mass is 10.2. The molecule has 0 saturated heterocycles. The Morgan fingerprint density at radius 2 is 2.36 bits per heavy atom. The molecule has 0 fully saturated rings. The number of aryl methyl sites for hydroxylation is 1. The topological polar surface area (TPSA) is 56.7 Å². The van der Waals surface area contributed by atoms with Crippen LogP contribution in [0.3, 0.4) is 0 Å². The molecule has 0 amide bonds. The fraction of sp³-hybridized carbons (Fsp3) is 0.600. The Hall–Kier alpha value is -1.34. The molecule has 0 bridgehead atoms. The Bertz CT molecular complexity index is 331. The van der Waals surface area contributed by atoms with Crippen LogP contribution in [-0.2, 0) is 6.54 Å². The van der Waals surface area contributed by atoms with Crippen LogP contribution in [0.2, 0.25) is 0 Å². The minimum absolute atomic E-state index is 0.0678. The molecule has 4 heteroatoms. The van der Waals surface area contributed by atoms with E-state index in [0.29, 0.717) is 5.82 Å². The average molecular weight is 192 g/mol. The minimum atomic E-state index is -0.0678. The van der Waals surface area contributed by atoms with Gasteiger partial charge in [0.1, 0.15) is 6.33 Å². The van der Waals surface area contributed by atoms with Crippen molar-refractivity contribution in [3.05, 3.63) is 12.2 Å². The zero-order chi connectivity index (χ0) is 10.4. The summed E-state index contributed by atoms with van der Waals surface area (Å²) < 4.78 is 1.80. The van der Waals surface area contributed by atoms with Crippen molar-refractivity contribution in [1.82, 2.24) is 14.8 Å². The zero-order valence-corrected chi connectivity index (χ0v) is 8.70. The van der Waals surface area contributed by atoms with E-state index >= 15 is 0 Å². The molecule has 0 radical (unpaired) electrons. The fourth-order valence-electron chi connectivity index (χ4n) is 0.996. The molecule has 4 nitrogen and oxygen atoms in total. The van der Waals surface area contributed by atoms with E-state index in [1.807, 2.05) is 6.92 Å². The van der Waals surface area contributed by atoms with E-state index in [4.69, 9.17) is 5.73 Å². The summed E-state index contributed by atoms with van der Waals surface area (Å²) in [7, 11) is 0. The molecular formula is C10H16N4. The molecule has 1 aromatic heterocycles. The second-order valence-corrected chi connectivity index (χ2v) is 3.09. The van der Waals surface area contributed by atoms with Crippen molar-refractivity contribution in [2.45, 2.75) is 39.3 Å². The molecule has 1 heterocycles. The van der Waals surface area contributed by atoms with Gasteiger partial charge < -0.3 is 5.73 Å².